The molecule has 0 amide bonds. The van der Waals surface area contributed by atoms with E-state index in [9.17, 15) is 13.2 Å². The van der Waals surface area contributed by atoms with Gasteiger partial charge in [0, 0.05) is 38.2 Å². The number of thiocarbonyl (C=S) groups is 1. The van der Waals surface area contributed by atoms with Crippen molar-refractivity contribution in [2.75, 3.05) is 12.3 Å². The summed E-state index contributed by atoms with van der Waals surface area (Å²) >= 11 is 15.1. The monoisotopic (exact) mass is 603 g/mol. The van der Waals surface area contributed by atoms with Gasteiger partial charge in [0.25, 0.3) is 0 Å². The van der Waals surface area contributed by atoms with Crippen molar-refractivity contribution in [3.8, 4) is 5.00 Å². The Bertz CT molecular complexity index is 1630. The van der Waals surface area contributed by atoms with Crippen molar-refractivity contribution in [3.05, 3.63) is 92.3 Å². The first-order valence-electron chi connectivity index (χ1n) is 12.1. The Morgan fingerprint density at radius 3 is 2.69 bits per heavy atom. The molecule has 0 unspecified atom stereocenters. The maximum Gasteiger partial charge on any atom is 0.417 e. The van der Waals surface area contributed by atoms with Gasteiger partial charge in [-0.05, 0) is 37.1 Å². The molecule has 0 spiro atoms. The fourth-order valence-electron chi connectivity index (χ4n) is 4.94. The molecule has 39 heavy (non-hydrogen) atoms. The lowest BCUT2D eigenvalue weighted by Crippen LogP contribution is -2.35. The maximum atomic E-state index is 13.4. The second kappa shape index (κ2) is 10.3. The lowest BCUT2D eigenvalue weighted by Gasteiger charge is -2.30. The van der Waals surface area contributed by atoms with E-state index in [2.05, 4.69) is 19.7 Å². The van der Waals surface area contributed by atoms with E-state index < -0.39 is 11.7 Å². The van der Waals surface area contributed by atoms with Crippen molar-refractivity contribution in [1.29, 1.82) is 0 Å². The molecular weight excluding hydrogens is 583 g/mol. The SMILES string of the molecule is Cc1nnc2n1-c1sc3c(c1C(c1ccccc1Cl)=NC2)CCN(C(=S)CSc1ccccc1C(F)(F)F)C3. The minimum Gasteiger partial charge on any atom is -0.360 e. The highest BCUT2D eigenvalue weighted by Gasteiger charge is 2.34. The number of aryl methyl sites for hydroxylation is 1. The smallest absolute Gasteiger partial charge is 0.360 e. The number of benzene rings is 2. The second-order valence-corrected chi connectivity index (χ2v) is 12.2. The zero-order chi connectivity index (χ0) is 27.3. The Balaban J connectivity index is 1.31. The number of nitrogens with zero attached hydrogens (tertiary/aromatic N) is 5. The van der Waals surface area contributed by atoms with Gasteiger partial charge in [0.2, 0.25) is 0 Å². The van der Waals surface area contributed by atoms with Gasteiger partial charge in [-0.3, -0.25) is 9.56 Å². The summed E-state index contributed by atoms with van der Waals surface area (Å²) in [6, 6.07) is 13.3. The quantitative estimate of drug-likeness (QED) is 0.183. The molecule has 0 fully saturated rings. The highest BCUT2D eigenvalue weighted by atomic mass is 35.5. The molecule has 4 heterocycles. The zero-order valence-electron chi connectivity index (χ0n) is 20.6. The minimum atomic E-state index is -4.40. The summed E-state index contributed by atoms with van der Waals surface area (Å²) in [4.78, 5) is 9.01. The fourth-order valence-corrected chi connectivity index (χ4v) is 7.90. The van der Waals surface area contributed by atoms with Crippen LogP contribution in [0.15, 0.2) is 58.4 Å². The molecular formula is C27H21ClF3N5S3. The van der Waals surface area contributed by atoms with E-state index in [-0.39, 0.29) is 4.90 Å². The minimum absolute atomic E-state index is 0.184. The predicted octanol–water partition coefficient (Wildman–Crippen LogP) is 7.14. The van der Waals surface area contributed by atoms with Gasteiger partial charge in [-0.2, -0.15) is 13.2 Å². The molecule has 0 saturated heterocycles. The molecule has 12 heteroatoms. The molecule has 6 rings (SSSR count). The van der Waals surface area contributed by atoms with Crippen LogP contribution in [0.25, 0.3) is 5.00 Å². The highest BCUT2D eigenvalue weighted by Crippen LogP contribution is 2.41. The van der Waals surface area contributed by atoms with Crippen LogP contribution in [-0.4, -0.2) is 42.7 Å². The molecule has 0 atom stereocenters. The summed E-state index contributed by atoms with van der Waals surface area (Å²) in [7, 11) is 0. The van der Waals surface area contributed by atoms with Crippen LogP contribution >= 0.6 is 46.9 Å². The van der Waals surface area contributed by atoms with Gasteiger partial charge in [-0.25, -0.2) is 0 Å². The number of halogens is 4. The van der Waals surface area contributed by atoms with Crippen molar-refractivity contribution in [2.24, 2.45) is 4.99 Å². The van der Waals surface area contributed by atoms with E-state index in [1.165, 1.54) is 17.7 Å². The van der Waals surface area contributed by atoms with Gasteiger partial charge in [-0.15, -0.1) is 33.3 Å². The Hall–Kier alpha value is -2.73. The molecule has 2 aromatic heterocycles. The fraction of sp³-hybridized carbons (Fsp3) is 0.259. The van der Waals surface area contributed by atoms with Gasteiger partial charge < -0.3 is 4.90 Å². The lowest BCUT2D eigenvalue weighted by atomic mass is 9.95. The van der Waals surface area contributed by atoms with Crippen LogP contribution in [0, 0.1) is 6.92 Å². The van der Waals surface area contributed by atoms with Crippen LogP contribution in [0.5, 0.6) is 0 Å². The average molecular weight is 604 g/mol. The number of alkyl halides is 3. The third-order valence-corrected chi connectivity index (χ3v) is 9.98. The third kappa shape index (κ3) is 4.90. The predicted molar refractivity (Wildman–Crippen MR) is 154 cm³/mol. The summed E-state index contributed by atoms with van der Waals surface area (Å²) in [5.74, 6) is 1.85. The van der Waals surface area contributed by atoms with E-state index in [1.807, 2.05) is 31.2 Å². The Morgan fingerprint density at radius 2 is 1.90 bits per heavy atom. The lowest BCUT2D eigenvalue weighted by molar-refractivity contribution is -0.139. The number of rotatable bonds is 4. The number of aromatic nitrogens is 3. The Morgan fingerprint density at radius 1 is 1.13 bits per heavy atom. The van der Waals surface area contributed by atoms with Gasteiger partial charge in [0.1, 0.15) is 17.4 Å². The van der Waals surface area contributed by atoms with Crippen molar-refractivity contribution in [3.63, 3.8) is 0 Å². The van der Waals surface area contributed by atoms with E-state index in [0.29, 0.717) is 35.4 Å². The molecule has 4 aromatic rings. The number of thiophene rings is 1. The van der Waals surface area contributed by atoms with Crippen LogP contribution in [0.2, 0.25) is 5.02 Å². The van der Waals surface area contributed by atoms with Crippen LogP contribution in [0.3, 0.4) is 0 Å². The first kappa shape index (κ1) is 26.5. The average Bonchev–Trinajstić information content (AvgIpc) is 3.42. The first-order valence-corrected chi connectivity index (χ1v) is 14.7. The van der Waals surface area contributed by atoms with E-state index in [4.69, 9.17) is 28.8 Å². The van der Waals surface area contributed by atoms with Gasteiger partial charge in [0.05, 0.1) is 22.8 Å². The number of aliphatic imine (C=N–C) groups is 1. The topological polar surface area (TPSA) is 46.3 Å². The molecule has 0 aliphatic carbocycles. The van der Waals surface area contributed by atoms with Crippen molar-refractivity contribution in [2.45, 2.75) is 37.5 Å². The Labute approximate surface area is 241 Å². The van der Waals surface area contributed by atoms with Gasteiger partial charge >= 0.3 is 6.18 Å². The molecule has 0 bridgehead atoms. The molecule has 5 nitrogen and oxygen atoms in total. The van der Waals surface area contributed by atoms with Gasteiger partial charge in [0.15, 0.2) is 5.82 Å². The van der Waals surface area contributed by atoms with Crippen LogP contribution < -0.4 is 0 Å². The van der Waals surface area contributed by atoms with Crippen molar-refractivity contribution < 1.29 is 13.2 Å². The van der Waals surface area contributed by atoms with Crippen LogP contribution in [0.1, 0.15) is 38.8 Å². The number of hydrogen-bond donors (Lipinski definition) is 0. The van der Waals surface area contributed by atoms with Crippen LogP contribution in [-0.2, 0) is 25.7 Å². The van der Waals surface area contributed by atoms with Gasteiger partial charge in [-0.1, -0.05) is 54.2 Å². The summed E-state index contributed by atoms with van der Waals surface area (Å²) in [5, 5.41) is 10.3. The molecule has 2 aliphatic heterocycles. The number of thioether (sulfide) groups is 1. The van der Waals surface area contributed by atoms with Crippen molar-refractivity contribution in [1.82, 2.24) is 19.7 Å². The van der Waals surface area contributed by atoms with E-state index in [0.717, 1.165) is 62.6 Å². The summed E-state index contributed by atoms with van der Waals surface area (Å²) in [5.41, 5.74) is 3.32. The van der Waals surface area contributed by atoms with E-state index >= 15 is 0 Å². The molecule has 0 radical (unpaired) electrons. The molecule has 0 saturated carbocycles. The summed E-state index contributed by atoms with van der Waals surface area (Å²) in [6.45, 7) is 3.57. The third-order valence-electron chi connectivity index (χ3n) is 6.77. The normalized spacial score (nSPS) is 14.8. The van der Waals surface area contributed by atoms with Crippen molar-refractivity contribution >= 4 is 57.6 Å². The Kier molecular flexibility index (Phi) is 7.03. The molecule has 2 aromatic carbocycles. The highest BCUT2D eigenvalue weighted by molar-refractivity contribution is 8.01. The maximum absolute atomic E-state index is 13.4. The first-order chi connectivity index (χ1) is 18.7. The summed E-state index contributed by atoms with van der Waals surface area (Å²) in [6.07, 6.45) is -3.68. The molecule has 2 aliphatic rings. The molecule has 0 N–H and O–H groups in total. The molecule has 200 valence electrons. The summed E-state index contributed by atoms with van der Waals surface area (Å²) < 4.78 is 42.4. The van der Waals surface area contributed by atoms with E-state index in [1.54, 1.807) is 17.4 Å². The second-order valence-electron chi connectivity index (χ2n) is 9.18. The van der Waals surface area contributed by atoms with Crippen LogP contribution in [0.4, 0.5) is 13.2 Å². The standard InChI is InChI=1S/C27H21ClF3N5S3/c1-15-33-34-22-12-32-25(16-6-2-4-8-19(16)28)24-17-10-11-35(13-21(17)39-26(24)36(15)22)23(37)14-38-20-9-5-3-7-18(20)27(29,30)31/h2-9H,10-14H2,1H3. The largest absolute Gasteiger partial charge is 0.417 e. The number of hydrogen-bond acceptors (Lipinski definition) is 6. The zero-order valence-corrected chi connectivity index (χ0v) is 23.8. The number of fused-ring (bicyclic) bond motifs is 5.